The summed E-state index contributed by atoms with van der Waals surface area (Å²) < 4.78 is 0. The molecule has 14 heavy (non-hydrogen) atoms. The molecule has 0 aliphatic rings. The van der Waals surface area contributed by atoms with Gasteiger partial charge in [0.1, 0.15) is 6.04 Å². The maximum Gasteiger partial charge on any atom is 0.321 e. The quantitative estimate of drug-likeness (QED) is 0.566. The Balaban J connectivity index is 4.08. The molecule has 82 valence electrons. The fourth-order valence-electron chi connectivity index (χ4n) is 1.25. The van der Waals surface area contributed by atoms with Crippen LogP contribution in [-0.4, -0.2) is 34.2 Å². The Bertz CT molecular complexity index is 205. The second-order valence-corrected chi connectivity index (χ2v) is 3.35. The van der Waals surface area contributed by atoms with E-state index in [-0.39, 0.29) is 12.5 Å². The van der Waals surface area contributed by atoms with E-state index in [1.54, 1.807) is 0 Å². The Hall–Kier alpha value is -1.10. The lowest BCUT2D eigenvalue weighted by Crippen LogP contribution is -2.43. The highest BCUT2D eigenvalue weighted by molar-refractivity contribution is 5.80. The van der Waals surface area contributed by atoms with Crippen molar-refractivity contribution in [2.24, 2.45) is 0 Å². The van der Waals surface area contributed by atoms with Gasteiger partial charge in [0, 0.05) is 6.04 Å². The average molecular weight is 203 g/mol. The molecule has 0 aromatic heterocycles. The molecule has 0 amide bonds. The summed E-state index contributed by atoms with van der Waals surface area (Å²) in [5, 5.41) is 20.0. The van der Waals surface area contributed by atoms with Crippen molar-refractivity contribution in [1.82, 2.24) is 5.32 Å². The summed E-state index contributed by atoms with van der Waals surface area (Å²) in [4.78, 5) is 21.0. The first-order chi connectivity index (χ1) is 6.47. The molecule has 2 atom stereocenters. The van der Waals surface area contributed by atoms with Gasteiger partial charge in [0.2, 0.25) is 0 Å². The van der Waals surface area contributed by atoms with Crippen molar-refractivity contribution >= 4 is 11.9 Å². The van der Waals surface area contributed by atoms with Crippen molar-refractivity contribution in [1.29, 1.82) is 0 Å². The summed E-state index contributed by atoms with van der Waals surface area (Å²) in [7, 11) is 0. The zero-order valence-corrected chi connectivity index (χ0v) is 8.49. The average Bonchev–Trinajstić information content (AvgIpc) is 2.02. The molecule has 5 heteroatoms. The molecule has 0 aliphatic carbocycles. The Morgan fingerprint density at radius 1 is 1.36 bits per heavy atom. The van der Waals surface area contributed by atoms with Crippen LogP contribution in [0, 0.1) is 0 Å². The SMILES string of the molecule is CCCC(C)NC(CC(=O)O)C(=O)O. The molecule has 3 N–H and O–H groups in total. The summed E-state index contributed by atoms with van der Waals surface area (Å²) in [6, 6.07) is -0.963. The topological polar surface area (TPSA) is 86.6 Å². The molecule has 0 saturated heterocycles. The number of carboxylic acid groups (broad SMARTS) is 2. The molecular weight excluding hydrogens is 186 g/mol. The van der Waals surface area contributed by atoms with Gasteiger partial charge in [0.25, 0.3) is 0 Å². The van der Waals surface area contributed by atoms with Crippen molar-refractivity contribution in [3.8, 4) is 0 Å². The zero-order valence-electron chi connectivity index (χ0n) is 8.49. The van der Waals surface area contributed by atoms with Gasteiger partial charge >= 0.3 is 11.9 Å². The van der Waals surface area contributed by atoms with Gasteiger partial charge in [-0.3, -0.25) is 9.59 Å². The molecule has 0 bridgehead atoms. The van der Waals surface area contributed by atoms with Crippen LogP contribution in [0.15, 0.2) is 0 Å². The lowest BCUT2D eigenvalue weighted by atomic mass is 10.1. The molecule has 0 heterocycles. The highest BCUT2D eigenvalue weighted by atomic mass is 16.4. The molecule has 0 saturated carbocycles. The van der Waals surface area contributed by atoms with E-state index in [0.717, 1.165) is 12.8 Å². The number of aliphatic carboxylic acids is 2. The van der Waals surface area contributed by atoms with Gasteiger partial charge in [0.15, 0.2) is 0 Å². The maximum atomic E-state index is 10.6. The minimum Gasteiger partial charge on any atom is -0.481 e. The lowest BCUT2D eigenvalue weighted by Gasteiger charge is -2.18. The van der Waals surface area contributed by atoms with Crippen molar-refractivity contribution in [2.75, 3.05) is 0 Å². The van der Waals surface area contributed by atoms with Gasteiger partial charge in [-0.15, -0.1) is 0 Å². The van der Waals surface area contributed by atoms with Crippen LogP contribution >= 0.6 is 0 Å². The minimum absolute atomic E-state index is 0.0282. The molecule has 5 nitrogen and oxygen atoms in total. The number of hydrogen-bond donors (Lipinski definition) is 3. The second kappa shape index (κ2) is 6.37. The molecule has 0 aromatic rings. The van der Waals surface area contributed by atoms with Crippen molar-refractivity contribution in [3.63, 3.8) is 0 Å². The van der Waals surface area contributed by atoms with E-state index >= 15 is 0 Å². The fraction of sp³-hybridized carbons (Fsp3) is 0.778. The summed E-state index contributed by atoms with van der Waals surface area (Å²) in [6.45, 7) is 3.84. The lowest BCUT2D eigenvalue weighted by molar-refractivity contribution is -0.146. The van der Waals surface area contributed by atoms with Crippen molar-refractivity contribution in [3.05, 3.63) is 0 Å². The van der Waals surface area contributed by atoms with E-state index < -0.39 is 18.0 Å². The third-order valence-electron chi connectivity index (χ3n) is 1.88. The van der Waals surface area contributed by atoms with Crippen LogP contribution in [0.1, 0.15) is 33.1 Å². The summed E-state index contributed by atoms with van der Waals surface area (Å²) in [5.74, 6) is -2.22. The fourth-order valence-corrected chi connectivity index (χ4v) is 1.25. The van der Waals surface area contributed by atoms with Gasteiger partial charge in [0.05, 0.1) is 6.42 Å². The number of carbonyl (C=O) groups is 2. The first-order valence-electron chi connectivity index (χ1n) is 4.68. The largest absolute Gasteiger partial charge is 0.481 e. The first-order valence-corrected chi connectivity index (χ1v) is 4.68. The Labute approximate surface area is 83.1 Å². The zero-order chi connectivity index (χ0) is 11.1. The third-order valence-corrected chi connectivity index (χ3v) is 1.88. The van der Waals surface area contributed by atoms with Gasteiger partial charge in [-0.25, -0.2) is 0 Å². The van der Waals surface area contributed by atoms with E-state index in [0.29, 0.717) is 0 Å². The Morgan fingerprint density at radius 2 is 1.93 bits per heavy atom. The predicted octanol–water partition coefficient (Wildman–Crippen LogP) is 0.692. The number of hydrogen-bond acceptors (Lipinski definition) is 3. The number of carboxylic acids is 2. The molecule has 0 spiro atoms. The van der Waals surface area contributed by atoms with E-state index in [9.17, 15) is 9.59 Å². The second-order valence-electron chi connectivity index (χ2n) is 3.35. The first kappa shape index (κ1) is 12.9. The van der Waals surface area contributed by atoms with E-state index in [4.69, 9.17) is 10.2 Å². The summed E-state index contributed by atoms with van der Waals surface area (Å²) in [5.41, 5.74) is 0. The van der Waals surface area contributed by atoms with Gasteiger partial charge in [-0.2, -0.15) is 0 Å². The van der Waals surface area contributed by atoms with Crippen molar-refractivity contribution in [2.45, 2.75) is 45.2 Å². The predicted molar refractivity (Wildman–Crippen MR) is 51.2 cm³/mol. The van der Waals surface area contributed by atoms with Crippen LogP contribution < -0.4 is 5.32 Å². The van der Waals surface area contributed by atoms with Crippen LogP contribution in [0.5, 0.6) is 0 Å². The van der Waals surface area contributed by atoms with Crippen LogP contribution in [0.3, 0.4) is 0 Å². The molecule has 0 aliphatic heterocycles. The van der Waals surface area contributed by atoms with Crippen LogP contribution in [0.2, 0.25) is 0 Å². The third kappa shape index (κ3) is 5.53. The Kier molecular flexibility index (Phi) is 5.87. The monoisotopic (exact) mass is 203 g/mol. The van der Waals surface area contributed by atoms with E-state index in [1.807, 2.05) is 13.8 Å². The molecule has 0 aromatic carbocycles. The van der Waals surface area contributed by atoms with Crippen LogP contribution in [-0.2, 0) is 9.59 Å². The summed E-state index contributed by atoms with van der Waals surface area (Å²) in [6.07, 6.45) is 1.39. The van der Waals surface area contributed by atoms with Gasteiger partial charge < -0.3 is 15.5 Å². The van der Waals surface area contributed by atoms with E-state index in [1.165, 1.54) is 0 Å². The highest BCUT2D eigenvalue weighted by Gasteiger charge is 2.21. The number of nitrogens with one attached hydrogen (secondary N) is 1. The molecule has 0 fully saturated rings. The van der Waals surface area contributed by atoms with E-state index in [2.05, 4.69) is 5.32 Å². The van der Waals surface area contributed by atoms with Gasteiger partial charge in [-0.05, 0) is 13.3 Å². The standard InChI is InChI=1S/C9H17NO4/c1-3-4-6(2)10-7(9(13)14)5-8(11)12/h6-7,10H,3-5H2,1-2H3,(H,11,12)(H,13,14). The smallest absolute Gasteiger partial charge is 0.321 e. The van der Waals surface area contributed by atoms with Crippen LogP contribution in [0.25, 0.3) is 0 Å². The number of rotatable bonds is 7. The highest BCUT2D eigenvalue weighted by Crippen LogP contribution is 2.00. The molecule has 2 unspecified atom stereocenters. The van der Waals surface area contributed by atoms with Crippen LogP contribution in [0.4, 0.5) is 0 Å². The Morgan fingerprint density at radius 3 is 2.29 bits per heavy atom. The van der Waals surface area contributed by atoms with Crippen molar-refractivity contribution < 1.29 is 19.8 Å². The molecule has 0 radical (unpaired) electrons. The molecule has 0 rings (SSSR count). The molecular formula is C9H17NO4. The minimum atomic E-state index is -1.12. The summed E-state index contributed by atoms with van der Waals surface area (Å²) >= 11 is 0. The normalized spacial score (nSPS) is 14.7. The maximum absolute atomic E-state index is 10.6. The van der Waals surface area contributed by atoms with Gasteiger partial charge in [-0.1, -0.05) is 13.3 Å².